The third kappa shape index (κ3) is 10.8. The summed E-state index contributed by atoms with van der Waals surface area (Å²) >= 11 is 9.62. The number of likely N-dealkylation sites (tertiary alicyclic amines) is 1. The van der Waals surface area contributed by atoms with E-state index in [4.69, 9.17) is 0 Å². The largest absolute Gasteiger partial charge is 0.339 e. The van der Waals surface area contributed by atoms with E-state index in [0.29, 0.717) is 5.56 Å². The van der Waals surface area contributed by atoms with E-state index in [9.17, 15) is 9.59 Å². The number of rotatable bonds is 4. The third-order valence-electron chi connectivity index (χ3n) is 5.49. The summed E-state index contributed by atoms with van der Waals surface area (Å²) in [6.07, 6.45) is 7.76. The molecule has 33 heavy (non-hydrogen) atoms. The molecule has 2 fully saturated rings. The van der Waals surface area contributed by atoms with E-state index < -0.39 is 0 Å². The molecule has 2 aliphatic rings. The number of benzene rings is 2. The lowest BCUT2D eigenvalue weighted by atomic mass is 10.1. The SMILES string of the molecule is C1CCNCC1.O=C(Br)c1cccc(CBr)c1.O=C(c1cccc(CBr)c1)N1CCCCC1. The lowest BCUT2D eigenvalue weighted by molar-refractivity contribution is 0.0724. The minimum absolute atomic E-state index is 0.0692. The van der Waals surface area contributed by atoms with Gasteiger partial charge < -0.3 is 10.2 Å². The number of piperidine rings is 2. The molecule has 0 saturated carbocycles. The summed E-state index contributed by atoms with van der Waals surface area (Å²) in [5.41, 5.74) is 3.78. The lowest BCUT2D eigenvalue weighted by Crippen LogP contribution is -2.35. The van der Waals surface area contributed by atoms with Gasteiger partial charge in [-0.3, -0.25) is 9.59 Å². The van der Waals surface area contributed by atoms with Crippen LogP contribution in [0.1, 0.15) is 70.4 Å². The number of hydrogen-bond donors (Lipinski definition) is 1. The molecule has 180 valence electrons. The van der Waals surface area contributed by atoms with Gasteiger partial charge in [0.1, 0.15) is 0 Å². The Labute approximate surface area is 223 Å². The van der Waals surface area contributed by atoms with Gasteiger partial charge in [-0.15, -0.1) is 0 Å². The zero-order valence-electron chi connectivity index (χ0n) is 19.0. The number of nitrogens with zero attached hydrogens (tertiary/aromatic N) is 1. The molecule has 0 bridgehead atoms. The highest BCUT2D eigenvalue weighted by molar-refractivity contribution is 9.18. The molecule has 1 amide bonds. The molecular weight excluding hydrogens is 612 g/mol. The molecule has 0 radical (unpaired) electrons. The van der Waals surface area contributed by atoms with Crippen molar-refractivity contribution in [1.82, 2.24) is 10.2 Å². The van der Waals surface area contributed by atoms with Crippen LogP contribution in [0.25, 0.3) is 0 Å². The fourth-order valence-corrected chi connectivity index (χ4v) is 4.59. The molecule has 0 atom stereocenters. The van der Waals surface area contributed by atoms with Crippen molar-refractivity contribution in [3.63, 3.8) is 0 Å². The van der Waals surface area contributed by atoms with E-state index in [2.05, 4.69) is 53.1 Å². The van der Waals surface area contributed by atoms with Gasteiger partial charge in [0.15, 0.2) is 0 Å². The normalized spacial score (nSPS) is 15.4. The van der Waals surface area contributed by atoms with Gasteiger partial charge in [0.2, 0.25) is 4.69 Å². The van der Waals surface area contributed by atoms with Crippen LogP contribution in [0.15, 0.2) is 48.5 Å². The van der Waals surface area contributed by atoms with Crippen LogP contribution >= 0.6 is 47.8 Å². The second-order valence-electron chi connectivity index (χ2n) is 8.11. The summed E-state index contributed by atoms with van der Waals surface area (Å²) in [6.45, 7) is 4.33. The highest BCUT2D eigenvalue weighted by Crippen LogP contribution is 2.15. The molecule has 4 rings (SSSR count). The highest BCUT2D eigenvalue weighted by Gasteiger charge is 2.17. The van der Waals surface area contributed by atoms with Crippen molar-refractivity contribution in [2.24, 2.45) is 0 Å². The van der Waals surface area contributed by atoms with Crippen molar-refractivity contribution in [2.75, 3.05) is 26.2 Å². The summed E-state index contributed by atoms with van der Waals surface area (Å²) in [5.74, 6) is 0.183. The molecule has 0 spiro atoms. The average Bonchev–Trinajstić information content (AvgIpc) is 2.90. The van der Waals surface area contributed by atoms with Crippen LogP contribution in [-0.2, 0) is 10.7 Å². The van der Waals surface area contributed by atoms with Crippen molar-refractivity contribution in [1.29, 1.82) is 0 Å². The van der Waals surface area contributed by atoms with Crippen LogP contribution in [0.2, 0.25) is 0 Å². The Hall–Kier alpha value is -1.02. The van der Waals surface area contributed by atoms with E-state index in [1.165, 1.54) is 38.8 Å². The summed E-state index contributed by atoms with van der Waals surface area (Å²) in [5, 5.41) is 4.86. The van der Waals surface area contributed by atoms with Crippen molar-refractivity contribution in [3.8, 4) is 0 Å². The molecule has 2 heterocycles. The molecule has 7 heteroatoms. The van der Waals surface area contributed by atoms with Gasteiger partial charge in [-0.25, -0.2) is 0 Å². The van der Waals surface area contributed by atoms with Gasteiger partial charge >= 0.3 is 0 Å². The smallest absolute Gasteiger partial charge is 0.253 e. The van der Waals surface area contributed by atoms with Gasteiger partial charge in [0.05, 0.1) is 0 Å². The summed E-state index contributed by atoms with van der Waals surface area (Å²) < 4.78 is -0.0692. The first-order chi connectivity index (χ1) is 16.0. The number of carbonyl (C=O) groups is 2. The van der Waals surface area contributed by atoms with Crippen LogP contribution in [0, 0.1) is 0 Å². The van der Waals surface area contributed by atoms with E-state index in [1.807, 2.05) is 47.4 Å². The minimum Gasteiger partial charge on any atom is -0.339 e. The van der Waals surface area contributed by atoms with Gasteiger partial charge in [-0.2, -0.15) is 0 Å². The second kappa shape index (κ2) is 16.6. The highest BCUT2D eigenvalue weighted by atomic mass is 79.9. The quantitative estimate of drug-likeness (QED) is 0.286. The lowest BCUT2D eigenvalue weighted by Gasteiger charge is -2.26. The number of amides is 1. The molecule has 1 N–H and O–H groups in total. The van der Waals surface area contributed by atoms with Crippen molar-refractivity contribution >= 4 is 58.4 Å². The van der Waals surface area contributed by atoms with E-state index in [1.54, 1.807) is 6.07 Å². The van der Waals surface area contributed by atoms with Crippen LogP contribution in [-0.4, -0.2) is 41.7 Å². The third-order valence-corrected chi connectivity index (χ3v) is 7.24. The van der Waals surface area contributed by atoms with Crippen molar-refractivity contribution in [3.05, 3.63) is 70.8 Å². The van der Waals surface area contributed by atoms with Gasteiger partial charge in [-0.1, -0.05) is 68.6 Å². The standard InChI is InChI=1S/C13H16BrNO.C8H6Br2O.C5H11N/c14-10-11-5-4-6-12(9-11)13(16)15-7-2-1-3-8-15;9-5-6-2-1-3-7(4-6)8(10)11;1-2-4-6-5-3-1/h4-6,9H,1-3,7-8,10H2;1-4H,5H2;6H,1-5H2. The zero-order valence-corrected chi connectivity index (χ0v) is 23.8. The number of halogens is 3. The summed E-state index contributed by atoms with van der Waals surface area (Å²) in [7, 11) is 0. The summed E-state index contributed by atoms with van der Waals surface area (Å²) in [6, 6.07) is 15.3. The maximum Gasteiger partial charge on any atom is 0.253 e. The number of alkyl halides is 2. The van der Waals surface area contributed by atoms with Crippen molar-refractivity contribution < 1.29 is 9.59 Å². The maximum atomic E-state index is 12.2. The van der Waals surface area contributed by atoms with E-state index >= 15 is 0 Å². The Morgan fingerprint density at radius 3 is 1.73 bits per heavy atom. The molecule has 2 aliphatic heterocycles. The Kier molecular flexibility index (Phi) is 14.2. The van der Waals surface area contributed by atoms with Crippen LogP contribution < -0.4 is 5.32 Å². The Morgan fingerprint density at radius 1 is 0.758 bits per heavy atom. The Balaban J connectivity index is 0.000000195. The maximum absolute atomic E-state index is 12.2. The fraction of sp³-hybridized carbons (Fsp3) is 0.462. The van der Waals surface area contributed by atoms with Gasteiger partial charge in [0, 0.05) is 34.9 Å². The molecule has 0 aromatic heterocycles. The number of carbonyl (C=O) groups excluding carboxylic acids is 2. The van der Waals surface area contributed by atoms with Crippen LogP contribution in [0.5, 0.6) is 0 Å². The predicted molar refractivity (Wildman–Crippen MR) is 148 cm³/mol. The number of nitrogens with one attached hydrogen (secondary N) is 1. The molecular formula is C26H33Br3N2O2. The first kappa shape index (κ1) is 28.2. The molecule has 2 aromatic carbocycles. The molecule has 2 aromatic rings. The zero-order chi connectivity index (χ0) is 23.9. The monoisotopic (exact) mass is 642 g/mol. The van der Waals surface area contributed by atoms with Gasteiger partial charge in [0.25, 0.3) is 5.91 Å². The topological polar surface area (TPSA) is 49.4 Å². The minimum atomic E-state index is -0.0692. The Bertz CT molecular complexity index is 855. The molecule has 0 aliphatic carbocycles. The fourth-order valence-electron chi connectivity index (χ4n) is 3.65. The molecule has 4 nitrogen and oxygen atoms in total. The van der Waals surface area contributed by atoms with E-state index in [0.717, 1.165) is 53.3 Å². The molecule has 0 unspecified atom stereocenters. The van der Waals surface area contributed by atoms with Crippen LogP contribution in [0.3, 0.4) is 0 Å². The summed E-state index contributed by atoms with van der Waals surface area (Å²) in [4.78, 5) is 25.0. The molecule has 2 saturated heterocycles. The first-order valence-corrected chi connectivity index (χ1v) is 14.6. The van der Waals surface area contributed by atoms with Crippen LogP contribution in [0.4, 0.5) is 0 Å². The predicted octanol–water partition coefficient (Wildman–Crippen LogP) is 7.08. The van der Waals surface area contributed by atoms with Gasteiger partial charge in [-0.05, 0) is 90.4 Å². The van der Waals surface area contributed by atoms with E-state index in [-0.39, 0.29) is 10.6 Å². The number of hydrogen-bond acceptors (Lipinski definition) is 3. The van der Waals surface area contributed by atoms with Crippen molar-refractivity contribution in [2.45, 2.75) is 49.2 Å². The first-order valence-electron chi connectivity index (χ1n) is 11.5. The second-order valence-corrected chi connectivity index (χ2v) is 9.95. The average molecular weight is 645 g/mol. The Morgan fingerprint density at radius 2 is 1.27 bits per heavy atom.